The fourth-order valence-electron chi connectivity index (χ4n) is 2.17. The Morgan fingerprint density at radius 1 is 1.56 bits per heavy atom. The van der Waals surface area contributed by atoms with Crippen LogP contribution in [0, 0.1) is 0 Å². The van der Waals surface area contributed by atoms with Crippen LogP contribution in [0.5, 0.6) is 0 Å². The quantitative estimate of drug-likeness (QED) is 0.806. The Balaban J connectivity index is 2.06. The number of nitrogens with zero attached hydrogens (tertiary/aromatic N) is 2. The van der Waals surface area contributed by atoms with Gasteiger partial charge in [0, 0.05) is 18.7 Å². The summed E-state index contributed by atoms with van der Waals surface area (Å²) in [5.41, 5.74) is 1.20. The van der Waals surface area contributed by atoms with Crippen molar-refractivity contribution in [1.29, 1.82) is 0 Å². The number of halogens is 1. The average Bonchev–Trinajstić information content (AvgIpc) is 2.83. The largest absolute Gasteiger partial charge is 0.453 e. The summed E-state index contributed by atoms with van der Waals surface area (Å²) in [4.78, 5) is 6.45. The minimum Gasteiger partial charge on any atom is -0.453 e. The molecule has 0 bridgehead atoms. The summed E-state index contributed by atoms with van der Waals surface area (Å²) in [5.74, 6) is 1.78. The molecule has 84 valence electrons. The van der Waals surface area contributed by atoms with Crippen LogP contribution in [-0.4, -0.2) is 23.5 Å². The summed E-state index contributed by atoms with van der Waals surface area (Å²) in [5, 5.41) is 0. The van der Waals surface area contributed by atoms with E-state index in [1.165, 1.54) is 5.56 Å². The van der Waals surface area contributed by atoms with Gasteiger partial charge in [-0.05, 0) is 29.0 Å². The fraction of sp³-hybridized carbons (Fsp3) is 0.364. The summed E-state index contributed by atoms with van der Waals surface area (Å²) in [6, 6.07) is 2.01. The Morgan fingerprint density at radius 3 is 3.19 bits per heavy atom. The van der Waals surface area contributed by atoms with Crippen LogP contribution in [0.1, 0.15) is 23.1 Å². The zero-order valence-corrected chi connectivity index (χ0v) is 10.4. The van der Waals surface area contributed by atoms with Crippen molar-refractivity contribution < 1.29 is 8.83 Å². The molecule has 2 aromatic heterocycles. The van der Waals surface area contributed by atoms with Gasteiger partial charge in [0.15, 0.2) is 4.67 Å². The second-order valence-corrected chi connectivity index (χ2v) is 4.84. The molecule has 0 saturated heterocycles. The third-order valence-electron chi connectivity index (χ3n) is 2.81. The van der Waals surface area contributed by atoms with Gasteiger partial charge in [-0.2, -0.15) is 0 Å². The lowest BCUT2D eigenvalue weighted by molar-refractivity contribution is 0.253. The standard InChI is InChI=1S/C11H11BrN2O2/c1-14-5-7-4-9(12)16-10(7)8(6-14)11-13-2-3-15-11/h2-4,8H,5-6H2,1H3. The summed E-state index contributed by atoms with van der Waals surface area (Å²) >= 11 is 3.37. The minimum absolute atomic E-state index is 0.0926. The Bertz CT molecular complexity index is 492. The maximum Gasteiger partial charge on any atom is 0.206 e. The van der Waals surface area contributed by atoms with Crippen LogP contribution in [0.25, 0.3) is 0 Å². The van der Waals surface area contributed by atoms with E-state index in [1.807, 2.05) is 6.07 Å². The van der Waals surface area contributed by atoms with Crippen molar-refractivity contribution in [3.05, 3.63) is 40.4 Å². The van der Waals surface area contributed by atoms with Gasteiger partial charge in [0.25, 0.3) is 0 Å². The highest BCUT2D eigenvalue weighted by molar-refractivity contribution is 9.10. The van der Waals surface area contributed by atoms with E-state index >= 15 is 0 Å². The zero-order valence-electron chi connectivity index (χ0n) is 8.81. The molecular formula is C11H11BrN2O2. The van der Waals surface area contributed by atoms with Crippen molar-refractivity contribution in [3.8, 4) is 0 Å². The number of rotatable bonds is 1. The SMILES string of the molecule is CN1Cc2cc(Br)oc2C(c2ncco2)C1. The van der Waals surface area contributed by atoms with Gasteiger partial charge in [-0.25, -0.2) is 4.98 Å². The molecule has 1 aliphatic heterocycles. The molecule has 0 aromatic carbocycles. The third-order valence-corrected chi connectivity index (χ3v) is 3.20. The predicted octanol–water partition coefficient (Wildman–Crippen LogP) is 2.61. The molecule has 4 nitrogen and oxygen atoms in total. The summed E-state index contributed by atoms with van der Waals surface area (Å²) in [6.45, 7) is 1.77. The number of furan rings is 1. The second kappa shape index (κ2) is 3.75. The zero-order chi connectivity index (χ0) is 11.1. The van der Waals surface area contributed by atoms with Crippen molar-refractivity contribution in [1.82, 2.24) is 9.88 Å². The molecule has 1 atom stereocenters. The van der Waals surface area contributed by atoms with Gasteiger partial charge in [-0.15, -0.1) is 0 Å². The monoisotopic (exact) mass is 282 g/mol. The van der Waals surface area contributed by atoms with Crippen LogP contribution in [0.3, 0.4) is 0 Å². The average molecular weight is 283 g/mol. The topological polar surface area (TPSA) is 42.4 Å². The van der Waals surface area contributed by atoms with Crippen LogP contribution in [-0.2, 0) is 6.54 Å². The molecule has 0 amide bonds. The van der Waals surface area contributed by atoms with E-state index in [-0.39, 0.29) is 5.92 Å². The van der Waals surface area contributed by atoms with E-state index < -0.39 is 0 Å². The van der Waals surface area contributed by atoms with Crippen LogP contribution in [0.15, 0.2) is 32.0 Å². The number of fused-ring (bicyclic) bond motifs is 1. The minimum atomic E-state index is 0.0926. The molecule has 3 rings (SSSR count). The highest BCUT2D eigenvalue weighted by Gasteiger charge is 2.31. The number of likely N-dealkylation sites (N-methyl/N-ethyl adjacent to an activating group) is 1. The smallest absolute Gasteiger partial charge is 0.206 e. The van der Waals surface area contributed by atoms with Crippen molar-refractivity contribution in [2.45, 2.75) is 12.5 Å². The second-order valence-electron chi connectivity index (χ2n) is 4.06. The summed E-state index contributed by atoms with van der Waals surface area (Å²) in [6.07, 6.45) is 3.27. The molecular weight excluding hydrogens is 272 g/mol. The summed E-state index contributed by atoms with van der Waals surface area (Å²) in [7, 11) is 2.08. The fourth-order valence-corrected chi connectivity index (χ4v) is 2.62. The molecule has 1 aliphatic rings. The Labute approximate surface area is 101 Å². The lowest BCUT2D eigenvalue weighted by Gasteiger charge is -2.26. The predicted molar refractivity (Wildman–Crippen MR) is 61.1 cm³/mol. The molecule has 5 heteroatoms. The normalized spacial score (nSPS) is 21.0. The van der Waals surface area contributed by atoms with Crippen LogP contribution >= 0.6 is 15.9 Å². The first-order chi connectivity index (χ1) is 7.74. The highest BCUT2D eigenvalue weighted by Crippen LogP contribution is 2.35. The molecule has 0 saturated carbocycles. The van der Waals surface area contributed by atoms with E-state index in [2.05, 4.69) is 32.9 Å². The first-order valence-electron chi connectivity index (χ1n) is 5.10. The molecule has 0 N–H and O–H groups in total. The maximum absolute atomic E-state index is 5.68. The van der Waals surface area contributed by atoms with Gasteiger partial charge in [-0.3, -0.25) is 0 Å². The summed E-state index contributed by atoms with van der Waals surface area (Å²) < 4.78 is 11.8. The van der Waals surface area contributed by atoms with Gasteiger partial charge in [0.05, 0.1) is 6.20 Å². The van der Waals surface area contributed by atoms with E-state index in [0.717, 1.165) is 29.4 Å². The molecule has 0 aliphatic carbocycles. The third kappa shape index (κ3) is 1.60. The van der Waals surface area contributed by atoms with Gasteiger partial charge >= 0.3 is 0 Å². The molecule has 0 fully saturated rings. The molecule has 16 heavy (non-hydrogen) atoms. The van der Waals surface area contributed by atoms with Crippen LogP contribution < -0.4 is 0 Å². The van der Waals surface area contributed by atoms with Crippen LogP contribution in [0.4, 0.5) is 0 Å². The number of hydrogen-bond acceptors (Lipinski definition) is 4. The molecule has 3 heterocycles. The van der Waals surface area contributed by atoms with Crippen molar-refractivity contribution in [2.75, 3.05) is 13.6 Å². The van der Waals surface area contributed by atoms with Gasteiger partial charge in [0.1, 0.15) is 17.9 Å². The number of aromatic nitrogens is 1. The molecule has 0 spiro atoms. The lowest BCUT2D eigenvalue weighted by atomic mass is 9.98. The van der Waals surface area contributed by atoms with Crippen molar-refractivity contribution >= 4 is 15.9 Å². The number of oxazole rings is 1. The van der Waals surface area contributed by atoms with Gasteiger partial charge < -0.3 is 13.7 Å². The van der Waals surface area contributed by atoms with Crippen LogP contribution in [0.2, 0.25) is 0 Å². The van der Waals surface area contributed by atoms with E-state index in [9.17, 15) is 0 Å². The van der Waals surface area contributed by atoms with E-state index in [1.54, 1.807) is 12.5 Å². The van der Waals surface area contributed by atoms with Gasteiger partial charge in [0.2, 0.25) is 5.89 Å². The number of hydrogen-bond donors (Lipinski definition) is 0. The first kappa shape index (κ1) is 10.1. The Morgan fingerprint density at radius 2 is 2.44 bits per heavy atom. The van der Waals surface area contributed by atoms with E-state index in [0.29, 0.717) is 0 Å². The lowest BCUT2D eigenvalue weighted by Crippen LogP contribution is -2.30. The Kier molecular flexibility index (Phi) is 2.37. The van der Waals surface area contributed by atoms with Crippen molar-refractivity contribution in [3.63, 3.8) is 0 Å². The van der Waals surface area contributed by atoms with Gasteiger partial charge in [-0.1, -0.05) is 0 Å². The van der Waals surface area contributed by atoms with Crippen molar-refractivity contribution in [2.24, 2.45) is 0 Å². The highest BCUT2D eigenvalue weighted by atomic mass is 79.9. The van der Waals surface area contributed by atoms with E-state index in [4.69, 9.17) is 8.83 Å². The maximum atomic E-state index is 5.68. The molecule has 1 unspecified atom stereocenters. The first-order valence-corrected chi connectivity index (χ1v) is 5.89. The Hall–Kier alpha value is -1.07. The molecule has 0 radical (unpaired) electrons. The molecule has 2 aromatic rings.